The lowest BCUT2D eigenvalue weighted by molar-refractivity contribution is 0.0458. The Morgan fingerprint density at radius 3 is 2.67 bits per heavy atom. The molecule has 0 aliphatic carbocycles. The maximum absolute atomic E-state index is 14.4. The second-order valence-corrected chi connectivity index (χ2v) is 7.75. The summed E-state index contributed by atoms with van der Waals surface area (Å²) in [5.74, 6) is -0.406. The molecule has 1 heterocycles. The Labute approximate surface area is 149 Å². The highest BCUT2D eigenvalue weighted by atomic mass is 79.9. The second kappa shape index (κ2) is 6.93. The highest BCUT2D eigenvalue weighted by molar-refractivity contribution is 9.10. The van der Waals surface area contributed by atoms with Crippen molar-refractivity contribution in [1.29, 1.82) is 0 Å². The average molecular weight is 398 g/mol. The Kier molecular flexibility index (Phi) is 5.32. The number of aromatic amines is 1. The molecule has 2 N–H and O–H groups in total. The molecule has 24 heavy (non-hydrogen) atoms. The third-order valence-corrected chi connectivity index (χ3v) is 3.89. The molecule has 1 atom stereocenters. The molecule has 0 saturated carbocycles. The van der Waals surface area contributed by atoms with Gasteiger partial charge in [-0.1, -0.05) is 15.9 Å². The molecule has 2 rings (SSSR count). The first-order chi connectivity index (χ1) is 11.1. The number of imidazole rings is 1. The number of ether oxygens (including phenoxy) is 1. The minimum Gasteiger partial charge on any atom is -0.444 e. The van der Waals surface area contributed by atoms with Crippen molar-refractivity contribution in [2.75, 3.05) is 0 Å². The first kappa shape index (κ1) is 18.4. The van der Waals surface area contributed by atoms with Crippen LogP contribution >= 0.6 is 15.9 Å². The Bertz CT molecular complexity index is 713. The summed E-state index contributed by atoms with van der Waals surface area (Å²) < 4.78 is 20.5. The molecule has 130 valence electrons. The van der Waals surface area contributed by atoms with E-state index < -0.39 is 23.1 Å². The number of carbonyl (C=O) groups is 1. The number of nitrogens with one attached hydrogen (secondary N) is 2. The normalized spacial score (nSPS) is 14.1. The fourth-order valence-electron chi connectivity index (χ4n) is 2.42. The molecule has 0 spiro atoms. The van der Waals surface area contributed by atoms with E-state index >= 15 is 0 Å². The van der Waals surface area contributed by atoms with Gasteiger partial charge in [0.15, 0.2) is 0 Å². The van der Waals surface area contributed by atoms with E-state index in [0.29, 0.717) is 12.0 Å². The Hall–Kier alpha value is -1.89. The maximum Gasteiger partial charge on any atom is 0.408 e. The van der Waals surface area contributed by atoms with E-state index in [4.69, 9.17) is 4.74 Å². The maximum atomic E-state index is 14.4. The van der Waals surface area contributed by atoms with Gasteiger partial charge in [-0.3, -0.25) is 0 Å². The van der Waals surface area contributed by atoms with Gasteiger partial charge in [0.2, 0.25) is 0 Å². The molecule has 1 amide bonds. The van der Waals surface area contributed by atoms with E-state index in [1.165, 1.54) is 6.07 Å². The lowest BCUT2D eigenvalue weighted by Gasteiger charge is -2.32. The van der Waals surface area contributed by atoms with E-state index in [1.807, 2.05) is 0 Å². The van der Waals surface area contributed by atoms with Crippen LogP contribution < -0.4 is 5.32 Å². The van der Waals surface area contributed by atoms with Crippen LogP contribution in [0.25, 0.3) is 0 Å². The second-order valence-electron chi connectivity index (χ2n) is 6.84. The summed E-state index contributed by atoms with van der Waals surface area (Å²) >= 11 is 3.35. The minimum absolute atomic E-state index is 0.333. The van der Waals surface area contributed by atoms with Crippen LogP contribution in [-0.4, -0.2) is 21.7 Å². The van der Waals surface area contributed by atoms with Crippen LogP contribution in [0.3, 0.4) is 0 Å². The van der Waals surface area contributed by atoms with Crippen molar-refractivity contribution >= 4 is 22.0 Å². The Balaban J connectivity index is 2.37. The lowest BCUT2D eigenvalue weighted by Crippen LogP contribution is -2.47. The molecule has 0 bridgehead atoms. The van der Waals surface area contributed by atoms with Gasteiger partial charge in [-0.25, -0.2) is 14.2 Å². The number of halogens is 2. The first-order valence-electron chi connectivity index (χ1n) is 7.53. The molecule has 7 heteroatoms. The van der Waals surface area contributed by atoms with Crippen molar-refractivity contribution < 1.29 is 13.9 Å². The van der Waals surface area contributed by atoms with Gasteiger partial charge in [0.05, 0.1) is 11.9 Å². The van der Waals surface area contributed by atoms with Crippen LogP contribution in [0, 0.1) is 5.82 Å². The fraction of sp³-hybridized carbons (Fsp3) is 0.412. The van der Waals surface area contributed by atoms with Crippen LogP contribution in [0.5, 0.6) is 0 Å². The zero-order chi connectivity index (χ0) is 18.0. The molecule has 2 aromatic rings. The summed E-state index contributed by atoms with van der Waals surface area (Å²) in [6.45, 7) is 7.08. The molecule has 0 radical (unpaired) electrons. The van der Waals surface area contributed by atoms with Gasteiger partial charge in [-0.2, -0.15) is 0 Å². The Morgan fingerprint density at radius 1 is 1.38 bits per heavy atom. The fourth-order valence-corrected chi connectivity index (χ4v) is 2.78. The van der Waals surface area contributed by atoms with E-state index in [1.54, 1.807) is 52.4 Å². The number of H-pyrrole nitrogens is 1. The highest BCUT2D eigenvalue weighted by Gasteiger charge is 2.34. The predicted molar refractivity (Wildman–Crippen MR) is 93.1 cm³/mol. The standard InChI is InChI=1S/C17H21BrFN3O2/c1-16(2,3)24-15(23)22-17(4,8-12-9-20-10-21-12)13-7-11(18)5-6-14(13)19/h5-7,9-10H,8H2,1-4H3,(H,20,21)(H,22,23). The van der Waals surface area contributed by atoms with Gasteiger partial charge in [0, 0.05) is 28.3 Å². The predicted octanol–water partition coefficient (Wildman–Crippen LogP) is 4.29. The van der Waals surface area contributed by atoms with Crippen LogP contribution in [-0.2, 0) is 16.7 Å². The van der Waals surface area contributed by atoms with Gasteiger partial charge in [0.1, 0.15) is 11.4 Å². The summed E-state index contributed by atoms with van der Waals surface area (Å²) in [6.07, 6.45) is 2.91. The molecule has 1 aromatic heterocycles. The van der Waals surface area contributed by atoms with E-state index in [0.717, 1.165) is 10.2 Å². The quantitative estimate of drug-likeness (QED) is 0.808. The van der Waals surface area contributed by atoms with Gasteiger partial charge in [-0.05, 0) is 45.9 Å². The molecule has 0 saturated heterocycles. The van der Waals surface area contributed by atoms with Crippen LogP contribution in [0.1, 0.15) is 39.0 Å². The smallest absolute Gasteiger partial charge is 0.408 e. The third-order valence-electron chi connectivity index (χ3n) is 3.40. The molecule has 1 aromatic carbocycles. The molecule has 5 nitrogen and oxygen atoms in total. The SMILES string of the molecule is CC(C)(C)OC(=O)NC(C)(Cc1cnc[nH]1)c1cc(Br)ccc1F. The van der Waals surface area contributed by atoms with Crippen molar-refractivity contribution in [3.05, 3.63) is 52.3 Å². The monoisotopic (exact) mass is 397 g/mol. The molecule has 0 aliphatic rings. The number of alkyl carbamates (subject to hydrolysis) is 1. The lowest BCUT2D eigenvalue weighted by atomic mass is 9.87. The van der Waals surface area contributed by atoms with E-state index in [-0.39, 0.29) is 0 Å². The zero-order valence-electron chi connectivity index (χ0n) is 14.1. The number of carbonyl (C=O) groups excluding carboxylic acids is 1. The summed E-state index contributed by atoms with van der Waals surface area (Å²) in [4.78, 5) is 19.2. The van der Waals surface area contributed by atoms with E-state index in [2.05, 4.69) is 31.2 Å². The van der Waals surface area contributed by atoms with Crippen LogP contribution in [0.15, 0.2) is 35.2 Å². The minimum atomic E-state index is -1.01. The van der Waals surface area contributed by atoms with Gasteiger partial charge >= 0.3 is 6.09 Å². The zero-order valence-corrected chi connectivity index (χ0v) is 15.7. The van der Waals surface area contributed by atoms with Crippen LogP contribution in [0.4, 0.5) is 9.18 Å². The van der Waals surface area contributed by atoms with Gasteiger partial charge in [0.25, 0.3) is 0 Å². The molecule has 0 aliphatic heterocycles. The average Bonchev–Trinajstić information content (AvgIpc) is 2.91. The van der Waals surface area contributed by atoms with Crippen molar-refractivity contribution in [3.8, 4) is 0 Å². The summed E-state index contributed by atoms with van der Waals surface area (Å²) in [7, 11) is 0. The van der Waals surface area contributed by atoms with Crippen LogP contribution in [0.2, 0.25) is 0 Å². The molecule has 1 unspecified atom stereocenters. The number of rotatable bonds is 4. The molecule has 0 fully saturated rings. The number of hydrogen-bond acceptors (Lipinski definition) is 3. The van der Waals surface area contributed by atoms with Crippen molar-refractivity contribution in [2.24, 2.45) is 0 Å². The van der Waals surface area contributed by atoms with Crippen molar-refractivity contribution in [1.82, 2.24) is 15.3 Å². The first-order valence-corrected chi connectivity index (χ1v) is 8.32. The molecular formula is C17H21BrFN3O2. The van der Waals surface area contributed by atoms with Gasteiger partial charge in [-0.15, -0.1) is 0 Å². The number of hydrogen-bond donors (Lipinski definition) is 2. The summed E-state index contributed by atoms with van der Waals surface area (Å²) in [5.41, 5.74) is -0.525. The van der Waals surface area contributed by atoms with Crippen molar-refractivity contribution in [3.63, 3.8) is 0 Å². The number of nitrogens with zero attached hydrogens (tertiary/aromatic N) is 1. The highest BCUT2D eigenvalue weighted by Crippen LogP contribution is 2.30. The molecular weight excluding hydrogens is 377 g/mol. The third kappa shape index (κ3) is 4.80. The summed E-state index contributed by atoms with van der Waals surface area (Å²) in [6, 6.07) is 4.63. The summed E-state index contributed by atoms with van der Waals surface area (Å²) in [5, 5.41) is 2.80. The number of amides is 1. The largest absolute Gasteiger partial charge is 0.444 e. The number of aromatic nitrogens is 2. The Morgan fingerprint density at radius 2 is 2.08 bits per heavy atom. The number of benzene rings is 1. The van der Waals surface area contributed by atoms with Crippen molar-refractivity contribution in [2.45, 2.75) is 45.3 Å². The van der Waals surface area contributed by atoms with E-state index in [9.17, 15) is 9.18 Å². The topological polar surface area (TPSA) is 67.0 Å². The van der Waals surface area contributed by atoms with Gasteiger partial charge < -0.3 is 15.0 Å².